The van der Waals surface area contributed by atoms with E-state index in [0.29, 0.717) is 17.8 Å². The Hall–Kier alpha value is -1.14. The second kappa shape index (κ2) is 5.68. The molecular weight excluding hydrogens is 310 g/mol. The molecule has 0 radical (unpaired) electrons. The third-order valence-corrected chi connectivity index (χ3v) is 8.75. The number of hydrogen-bond acceptors (Lipinski definition) is 3. The molecule has 4 rings (SSSR count). The monoisotopic (exact) mass is 341 g/mol. The molecule has 2 unspecified atom stereocenters. The van der Waals surface area contributed by atoms with E-state index in [1.54, 1.807) is 6.92 Å². The van der Waals surface area contributed by atoms with Crippen LogP contribution in [0.25, 0.3) is 0 Å². The lowest BCUT2D eigenvalue weighted by molar-refractivity contribution is -0.128. The van der Waals surface area contributed by atoms with Gasteiger partial charge >= 0.3 is 0 Å². The van der Waals surface area contributed by atoms with Crippen LogP contribution in [0, 0.1) is 51.8 Å². The first kappa shape index (κ1) is 17.3. The number of ketones is 1. The zero-order valence-electron chi connectivity index (χ0n) is 15.8. The van der Waals surface area contributed by atoms with Gasteiger partial charge in [0.15, 0.2) is 0 Å². The van der Waals surface area contributed by atoms with Crippen molar-refractivity contribution < 1.29 is 9.90 Å². The molecule has 25 heavy (non-hydrogen) atoms. The lowest BCUT2D eigenvalue weighted by Gasteiger charge is -2.58. The van der Waals surface area contributed by atoms with Crippen molar-refractivity contribution in [2.45, 2.75) is 71.8 Å². The van der Waals surface area contributed by atoms with E-state index in [4.69, 9.17) is 0 Å². The molecule has 1 N–H and O–H groups in total. The summed E-state index contributed by atoms with van der Waals surface area (Å²) in [4.78, 5) is 12.4. The Morgan fingerprint density at radius 2 is 2.00 bits per heavy atom. The quantitative estimate of drug-likeness (QED) is 0.725. The van der Waals surface area contributed by atoms with E-state index in [1.165, 1.54) is 18.4 Å². The Balaban J connectivity index is 1.69. The lowest BCUT2D eigenvalue weighted by atomic mass is 9.46. The molecule has 4 aliphatic carbocycles. The van der Waals surface area contributed by atoms with Crippen molar-refractivity contribution in [1.29, 1.82) is 5.26 Å². The number of fused-ring (bicyclic) bond motifs is 5. The number of rotatable bonds is 1. The topological polar surface area (TPSA) is 61.1 Å². The van der Waals surface area contributed by atoms with Crippen LogP contribution in [0.15, 0.2) is 11.6 Å². The summed E-state index contributed by atoms with van der Waals surface area (Å²) in [6.45, 7) is 6.42. The first-order valence-electron chi connectivity index (χ1n) is 10.1. The van der Waals surface area contributed by atoms with Gasteiger partial charge in [-0.3, -0.25) is 4.79 Å². The molecule has 0 amide bonds. The van der Waals surface area contributed by atoms with E-state index in [-0.39, 0.29) is 34.6 Å². The van der Waals surface area contributed by atoms with Gasteiger partial charge in [0.25, 0.3) is 0 Å². The fourth-order valence-corrected chi connectivity index (χ4v) is 7.63. The number of Topliss-reactive ketones (excluding diaryl/α,β-unsaturated/α-hetero) is 1. The number of carbonyl (C=O) groups excluding carboxylic acids is 1. The maximum absolute atomic E-state index is 12.4. The van der Waals surface area contributed by atoms with Gasteiger partial charge in [-0.15, -0.1) is 0 Å². The van der Waals surface area contributed by atoms with Gasteiger partial charge in [0.05, 0.1) is 18.1 Å². The van der Waals surface area contributed by atoms with Crippen LogP contribution in [0.1, 0.15) is 65.7 Å². The van der Waals surface area contributed by atoms with Crippen molar-refractivity contribution in [3.05, 3.63) is 11.6 Å². The molecule has 0 aliphatic heterocycles. The molecule has 0 spiro atoms. The number of hydrogen-bond donors (Lipinski definition) is 1. The highest BCUT2D eigenvalue weighted by molar-refractivity contribution is 5.80. The van der Waals surface area contributed by atoms with Gasteiger partial charge in [0.1, 0.15) is 5.78 Å². The molecule has 8 atom stereocenters. The molecule has 0 aromatic heterocycles. The van der Waals surface area contributed by atoms with Crippen LogP contribution in [0.5, 0.6) is 0 Å². The Bertz CT molecular complexity index is 661. The summed E-state index contributed by atoms with van der Waals surface area (Å²) >= 11 is 0. The fraction of sp³-hybridized carbons (Fsp3) is 0.818. The number of carbonyl (C=O) groups is 1. The lowest BCUT2D eigenvalue weighted by Crippen LogP contribution is -2.51. The van der Waals surface area contributed by atoms with Crippen LogP contribution in [0.3, 0.4) is 0 Å². The van der Waals surface area contributed by atoms with Crippen molar-refractivity contribution in [2.24, 2.45) is 40.4 Å². The highest BCUT2D eigenvalue weighted by atomic mass is 16.3. The summed E-state index contributed by atoms with van der Waals surface area (Å²) in [5.41, 5.74) is 1.72. The van der Waals surface area contributed by atoms with Crippen LogP contribution in [0.2, 0.25) is 0 Å². The van der Waals surface area contributed by atoms with Gasteiger partial charge in [-0.05, 0) is 80.5 Å². The second-order valence-electron chi connectivity index (χ2n) is 9.74. The number of aliphatic hydroxyl groups is 1. The normalized spacial score (nSPS) is 51.6. The molecule has 0 aromatic rings. The van der Waals surface area contributed by atoms with E-state index in [9.17, 15) is 15.2 Å². The van der Waals surface area contributed by atoms with Gasteiger partial charge in [-0.1, -0.05) is 25.5 Å². The van der Waals surface area contributed by atoms with Crippen LogP contribution in [-0.2, 0) is 4.79 Å². The minimum absolute atomic E-state index is 0.0131. The number of nitriles is 1. The predicted molar refractivity (Wildman–Crippen MR) is 96.4 cm³/mol. The van der Waals surface area contributed by atoms with E-state index in [1.807, 2.05) is 0 Å². The van der Waals surface area contributed by atoms with Crippen LogP contribution < -0.4 is 0 Å². The first-order chi connectivity index (χ1) is 11.8. The average Bonchev–Trinajstić information content (AvgIpc) is 2.88. The van der Waals surface area contributed by atoms with E-state index in [0.717, 1.165) is 32.1 Å². The average molecular weight is 341 g/mol. The molecule has 0 saturated heterocycles. The molecule has 0 heterocycles. The molecule has 136 valence electrons. The Morgan fingerprint density at radius 3 is 2.68 bits per heavy atom. The van der Waals surface area contributed by atoms with Gasteiger partial charge in [0.2, 0.25) is 0 Å². The third kappa shape index (κ3) is 2.29. The molecule has 3 nitrogen and oxygen atoms in total. The van der Waals surface area contributed by atoms with Crippen LogP contribution in [0.4, 0.5) is 0 Å². The van der Waals surface area contributed by atoms with Crippen molar-refractivity contribution in [3.63, 3.8) is 0 Å². The zero-order chi connectivity index (χ0) is 18.0. The third-order valence-electron chi connectivity index (χ3n) is 8.75. The van der Waals surface area contributed by atoms with Crippen LogP contribution in [-0.4, -0.2) is 17.0 Å². The van der Waals surface area contributed by atoms with E-state index >= 15 is 0 Å². The number of nitrogens with zero attached hydrogens (tertiary/aromatic N) is 1. The molecule has 0 aromatic carbocycles. The molecule has 3 fully saturated rings. The SMILES string of the molecule is CC(=O)[C@@H]1C(C#N)C[C@@H]2[C@H]3CCC4=CC(O)CC[C@@]4(C)[C@@H]3CC[C@@]12C. The Morgan fingerprint density at radius 1 is 1.24 bits per heavy atom. The second-order valence-corrected chi connectivity index (χ2v) is 9.74. The van der Waals surface area contributed by atoms with Crippen molar-refractivity contribution >= 4 is 5.78 Å². The summed E-state index contributed by atoms with van der Waals surface area (Å²) in [6.07, 6.45) is 9.26. The Labute approximate surface area is 151 Å². The molecule has 3 saturated carbocycles. The highest BCUT2D eigenvalue weighted by Crippen LogP contribution is 2.67. The molecule has 3 heteroatoms. The molecular formula is C22H31NO2. The fourth-order valence-electron chi connectivity index (χ4n) is 7.63. The van der Waals surface area contributed by atoms with Crippen molar-refractivity contribution in [2.75, 3.05) is 0 Å². The summed E-state index contributed by atoms with van der Waals surface area (Å²) in [5.74, 6) is 1.86. The standard InChI is InChI=1S/C22H31NO2/c1-13(24)20-14(12-23)10-19-17-5-4-15-11-16(25)6-8-21(15,2)18(17)7-9-22(19,20)3/h11,14,16-20,25H,4-10H2,1-3H3/t14?,16?,17-,18+,19+,20+,21+,22+/m0/s1. The van der Waals surface area contributed by atoms with Crippen molar-refractivity contribution in [1.82, 2.24) is 0 Å². The van der Waals surface area contributed by atoms with E-state index < -0.39 is 0 Å². The maximum Gasteiger partial charge on any atom is 0.134 e. The minimum atomic E-state index is -0.259. The van der Waals surface area contributed by atoms with Gasteiger partial charge in [-0.25, -0.2) is 0 Å². The summed E-state index contributed by atoms with van der Waals surface area (Å²) in [7, 11) is 0. The molecule has 4 aliphatic rings. The summed E-state index contributed by atoms with van der Waals surface area (Å²) in [5, 5.41) is 19.7. The zero-order valence-corrected chi connectivity index (χ0v) is 15.8. The maximum atomic E-state index is 12.4. The molecule has 0 bridgehead atoms. The van der Waals surface area contributed by atoms with E-state index in [2.05, 4.69) is 26.0 Å². The van der Waals surface area contributed by atoms with Gasteiger partial charge in [0, 0.05) is 5.92 Å². The summed E-state index contributed by atoms with van der Waals surface area (Å²) < 4.78 is 0. The highest BCUT2D eigenvalue weighted by Gasteiger charge is 2.62. The van der Waals surface area contributed by atoms with Gasteiger partial charge < -0.3 is 5.11 Å². The number of aliphatic hydroxyl groups excluding tert-OH is 1. The predicted octanol–water partition coefficient (Wildman–Crippen LogP) is 4.26. The minimum Gasteiger partial charge on any atom is -0.389 e. The Kier molecular flexibility index (Phi) is 3.93. The first-order valence-corrected chi connectivity index (χ1v) is 10.1. The summed E-state index contributed by atoms with van der Waals surface area (Å²) in [6, 6.07) is 2.48. The largest absolute Gasteiger partial charge is 0.389 e. The van der Waals surface area contributed by atoms with Gasteiger partial charge in [-0.2, -0.15) is 5.26 Å². The van der Waals surface area contributed by atoms with Crippen LogP contribution >= 0.6 is 0 Å². The number of allylic oxidation sites excluding steroid dienone is 1. The van der Waals surface area contributed by atoms with Crippen molar-refractivity contribution in [3.8, 4) is 6.07 Å². The smallest absolute Gasteiger partial charge is 0.134 e.